The molecule has 1 unspecified atom stereocenters. The Morgan fingerprint density at radius 2 is 2.03 bits per heavy atom. The normalized spacial score (nSPS) is 15.7. The summed E-state index contributed by atoms with van der Waals surface area (Å²) in [6, 6.07) is 3.57. The maximum atomic E-state index is 11.8. The molecule has 1 aliphatic heterocycles. The van der Waals surface area contributed by atoms with Crippen molar-refractivity contribution in [2.75, 3.05) is 19.8 Å². The number of ether oxygens (including phenoxy) is 3. The van der Waals surface area contributed by atoms with Gasteiger partial charge in [0.05, 0.1) is 25.7 Å². The molecule has 29 heavy (non-hydrogen) atoms. The maximum absolute atomic E-state index is 11.8. The lowest BCUT2D eigenvalue weighted by molar-refractivity contribution is -0.145. The van der Waals surface area contributed by atoms with E-state index in [1.807, 2.05) is 13.0 Å². The number of esters is 1. The summed E-state index contributed by atoms with van der Waals surface area (Å²) in [6.07, 6.45) is -0.347. The largest absolute Gasteiger partial charge is 0.494 e. The lowest BCUT2D eigenvalue weighted by Crippen LogP contribution is -2.33. The van der Waals surface area contributed by atoms with Crippen LogP contribution in [0.2, 0.25) is 0 Å². The number of hydrogen-bond donors (Lipinski definition) is 2. The molecule has 2 rings (SSSR count). The van der Waals surface area contributed by atoms with E-state index in [0.29, 0.717) is 37.4 Å². The van der Waals surface area contributed by atoms with Crippen LogP contribution in [-0.2, 0) is 18.9 Å². The predicted molar refractivity (Wildman–Crippen MR) is 108 cm³/mol. The molecule has 1 aliphatic rings. The van der Waals surface area contributed by atoms with Gasteiger partial charge in [0, 0.05) is 6.54 Å². The number of carbonyl (C=O) groups is 2. The van der Waals surface area contributed by atoms with Crippen LogP contribution in [0.15, 0.2) is 12.1 Å². The average molecular weight is 407 g/mol. The van der Waals surface area contributed by atoms with Gasteiger partial charge in [-0.2, -0.15) is 0 Å². The number of hydrogen-bond acceptors (Lipinski definition) is 7. The van der Waals surface area contributed by atoms with E-state index in [9.17, 15) is 14.6 Å². The van der Waals surface area contributed by atoms with Crippen LogP contribution in [-0.4, -0.2) is 49.6 Å². The first-order chi connectivity index (χ1) is 13.6. The first kappa shape index (κ1) is 23.0. The van der Waals surface area contributed by atoms with E-state index in [2.05, 4.69) is 5.32 Å². The van der Waals surface area contributed by atoms with Crippen LogP contribution in [0.1, 0.15) is 57.8 Å². The van der Waals surface area contributed by atoms with Gasteiger partial charge in [-0.25, -0.2) is 4.79 Å². The van der Waals surface area contributed by atoms with Crippen molar-refractivity contribution in [1.29, 1.82) is 0 Å². The van der Waals surface area contributed by atoms with Crippen molar-refractivity contribution in [3.05, 3.63) is 23.3 Å². The summed E-state index contributed by atoms with van der Waals surface area (Å²) in [5.41, 5.74) is 1.73. The second-order valence-electron chi connectivity index (χ2n) is 7.86. The summed E-state index contributed by atoms with van der Waals surface area (Å²) < 4.78 is 21.4. The number of nitrogens with one attached hydrogen (secondary N) is 1. The Labute approximate surface area is 172 Å². The molecule has 9 heteroatoms. The molecule has 0 saturated heterocycles. The van der Waals surface area contributed by atoms with Crippen LogP contribution < -0.4 is 15.5 Å². The quantitative estimate of drug-likeness (QED) is 0.386. The fourth-order valence-electron chi connectivity index (χ4n) is 3.10. The van der Waals surface area contributed by atoms with Crippen LogP contribution in [0.4, 0.5) is 4.79 Å². The summed E-state index contributed by atoms with van der Waals surface area (Å²) >= 11 is 0. The molecular weight excluding hydrogens is 377 g/mol. The molecule has 0 fully saturated rings. The molecule has 160 valence electrons. The standard InChI is InChI=1S/C20H30BNO7/c1-6-26-17(23)12-16-18-13(2)10-14(11-15(18)21(25)29-16)27-9-7-8-22-19(24)28-20(3,4)5/h10-11,16,25H,6-9,12H2,1-5H3,(H,22,24). The average Bonchev–Trinajstić information content (AvgIpc) is 2.89. The molecule has 0 aliphatic carbocycles. The third-order valence-electron chi connectivity index (χ3n) is 4.19. The zero-order valence-corrected chi connectivity index (χ0v) is 17.7. The Balaban J connectivity index is 1.88. The van der Waals surface area contributed by atoms with Crippen LogP contribution in [0.3, 0.4) is 0 Å². The van der Waals surface area contributed by atoms with Crippen molar-refractivity contribution in [2.24, 2.45) is 0 Å². The van der Waals surface area contributed by atoms with Gasteiger partial charge in [-0.3, -0.25) is 4.79 Å². The number of carbonyl (C=O) groups excluding carboxylic acids is 2. The number of rotatable bonds is 8. The number of aryl methyl sites for hydroxylation is 1. The van der Waals surface area contributed by atoms with Gasteiger partial charge in [0.1, 0.15) is 11.4 Å². The van der Waals surface area contributed by atoms with Crippen molar-refractivity contribution >= 4 is 24.6 Å². The molecule has 1 aromatic carbocycles. The summed E-state index contributed by atoms with van der Waals surface area (Å²) in [5, 5.41) is 12.9. The van der Waals surface area contributed by atoms with Crippen LogP contribution >= 0.6 is 0 Å². The van der Waals surface area contributed by atoms with Gasteiger partial charge < -0.3 is 29.2 Å². The second kappa shape index (κ2) is 9.98. The highest BCUT2D eigenvalue weighted by Gasteiger charge is 2.38. The third kappa shape index (κ3) is 6.94. The molecule has 1 heterocycles. The van der Waals surface area contributed by atoms with Crippen molar-refractivity contribution < 1.29 is 33.5 Å². The Kier molecular flexibility index (Phi) is 7.92. The monoisotopic (exact) mass is 407 g/mol. The van der Waals surface area contributed by atoms with E-state index >= 15 is 0 Å². The highest BCUT2D eigenvalue weighted by Crippen LogP contribution is 2.32. The Morgan fingerprint density at radius 3 is 2.69 bits per heavy atom. The Morgan fingerprint density at radius 1 is 1.31 bits per heavy atom. The van der Waals surface area contributed by atoms with E-state index in [1.165, 1.54) is 0 Å². The van der Waals surface area contributed by atoms with Gasteiger partial charge in [-0.15, -0.1) is 0 Å². The second-order valence-corrected chi connectivity index (χ2v) is 7.86. The van der Waals surface area contributed by atoms with E-state index in [0.717, 1.165) is 11.1 Å². The molecule has 0 spiro atoms. The molecular formula is C20H30BNO7. The summed E-state index contributed by atoms with van der Waals surface area (Å²) in [6.45, 7) is 10.2. The zero-order chi connectivity index (χ0) is 21.6. The summed E-state index contributed by atoms with van der Waals surface area (Å²) in [5.74, 6) is 0.229. The van der Waals surface area contributed by atoms with E-state index in [-0.39, 0.29) is 12.4 Å². The molecule has 0 radical (unpaired) electrons. The topological polar surface area (TPSA) is 103 Å². The molecule has 1 atom stereocenters. The highest BCUT2D eigenvalue weighted by atomic mass is 16.6. The van der Waals surface area contributed by atoms with E-state index < -0.39 is 24.9 Å². The van der Waals surface area contributed by atoms with Crippen LogP contribution in [0, 0.1) is 6.92 Å². The number of amides is 1. The van der Waals surface area contributed by atoms with Gasteiger partial charge >= 0.3 is 19.2 Å². The summed E-state index contributed by atoms with van der Waals surface area (Å²) in [4.78, 5) is 23.4. The minimum Gasteiger partial charge on any atom is -0.494 e. The number of alkyl carbamates (subject to hydrolysis) is 1. The van der Waals surface area contributed by atoms with Crippen LogP contribution in [0.5, 0.6) is 5.75 Å². The first-order valence-corrected chi connectivity index (χ1v) is 9.84. The number of fused-ring (bicyclic) bond motifs is 1. The number of benzene rings is 1. The SMILES string of the molecule is CCOC(=O)CC1OB(O)c2cc(OCCCNC(=O)OC(C)(C)C)cc(C)c21. The zero-order valence-electron chi connectivity index (χ0n) is 17.7. The lowest BCUT2D eigenvalue weighted by atomic mass is 9.77. The minimum absolute atomic E-state index is 0.0509. The molecule has 1 aromatic rings. The van der Waals surface area contributed by atoms with Gasteiger partial charge in [0.2, 0.25) is 0 Å². The maximum Gasteiger partial charge on any atom is 0.492 e. The van der Waals surface area contributed by atoms with Gasteiger partial charge in [-0.1, -0.05) is 0 Å². The van der Waals surface area contributed by atoms with E-state index in [4.69, 9.17) is 18.9 Å². The van der Waals surface area contributed by atoms with E-state index in [1.54, 1.807) is 33.8 Å². The smallest absolute Gasteiger partial charge is 0.492 e. The van der Waals surface area contributed by atoms with Gasteiger partial charge in [0.25, 0.3) is 0 Å². The van der Waals surface area contributed by atoms with Gasteiger partial charge in [0.15, 0.2) is 0 Å². The third-order valence-corrected chi connectivity index (χ3v) is 4.19. The van der Waals surface area contributed by atoms with Crippen LogP contribution in [0.25, 0.3) is 0 Å². The molecule has 0 bridgehead atoms. The van der Waals surface area contributed by atoms with Crippen molar-refractivity contribution in [2.45, 2.75) is 59.2 Å². The lowest BCUT2D eigenvalue weighted by Gasteiger charge is -2.19. The first-order valence-electron chi connectivity index (χ1n) is 9.84. The molecule has 8 nitrogen and oxygen atoms in total. The summed E-state index contributed by atoms with van der Waals surface area (Å²) in [7, 11) is -1.11. The minimum atomic E-state index is -1.11. The van der Waals surface area contributed by atoms with Gasteiger partial charge in [-0.05, 0) is 69.8 Å². The fraction of sp³-hybridized carbons (Fsp3) is 0.600. The molecule has 0 saturated carbocycles. The van der Waals surface area contributed by atoms with Crippen molar-refractivity contribution in [1.82, 2.24) is 5.32 Å². The van der Waals surface area contributed by atoms with Crippen molar-refractivity contribution in [3.8, 4) is 5.75 Å². The predicted octanol–water partition coefficient (Wildman–Crippen LogP) is 2.00. The Bertz CT molecular complexity index is 732. The fourth-order valence-corrected chi connectivity index (χ4v) is 3.10. The van der Waals surface area contributed by atoms with Crippen molar-refractivity contribution in [3.63, 3.8) is 0 Å². The molecule has 0 aromatic heterocycles. The Hall–Kier alpha value is -2.26. The molecule has 2 N–H and O–H groups in total. The highest BCUT2D eigenvalue weighted by molar-refractivity contribution is 6.62. The molecule has 1 amide bonds.